The summed E-state index contributed by atoms with van der Waals surface area (Å²) in [5.41, 5.74) is 2.65. The monoisotopic (exact) mass is 515 g/mol. The Balaban J connectivity index is 1.56. The van der Waals surface area contributed by atoms with Gasteiger partial charge in [0.1, 0.15) is 17.2 Å². The smallest absolute Gasteiger partial charge is 0.261 e. The summed E-state index contributed by atoms with van der Waals surface area (Å²) in [6.45, 7) is 3.22. The zero-order valence-corrected chi connectivity index (χ0v) is 19.4. The number of aromatic amines is 2. The molecule has 3 N–H and O–H groups in total. The lowest BCUT2D eigenvalue weighted by Gasteiger charge is -2.45. The SMILES string of the molecule is O=c1[nH]c2ccc(Br)cc2c(N[C@@H]2CN3CCC2CC3)c1-c1nc2cc(Cl)c(F)cc2[nH]1. The number of fused-ring (bicyclic) bond motifs is 5. The minimum atomic E-state index is -0.531. The fraction of sp³-hybridized carbons (Fsp3) is 0.304. The van der Waals surface area contributed by atoms with Crippen molar-refractivity contribution in [3.8, 4) is 11.4 Å². The third kappa shape index (κ3) is 3.32. The van der Waals surface area contributed by atoms with Crippen LogP contribution >= 0.6 is 27.5 Å². The fourth-order valence-electron chi connectivity index (χ4n) is 5.08. The number of anilines is 1. The van der Waals surface area contributed by atoms with Gasteiger partial charge in [-0.3, -0.25) is 4.79 Å². The highest BCUT2D eigenvalue weighted by molar-refractivity contribution is 9.10. The van der Waals surface area contributed by atoms with E-state index in [0.29, 0.717) is 28.3 Å². The average molecular weight is 517 g/mol. The summed E-state index contributed by atoms with van der Waals surface area (Å²) in [5, 5.41) is 4.61. The second-order valence-corrected chi connectivity index (χ2v) is 9.97. The number of benzene rings is 2. The summed E-state index contributed by atoms with van der Waals surface area (Å²) in [6.07, 6.45) is 2.31. The average Bonchev–Trinajstić information content (AvgIpc) is 3.17. The van der Waals surface area contributed by atoms with Crippen molar-refractivity contribution in [2.75, 3.05) is 25.0 Å². The number of rotatable bonds is 3. The van der Waals surface area contributed by atoms with Crippen molar-refractivity contribution in [2.45, 2.75) is 18.9 Å². The molecule has 2 aromatic carbocycles. The Labute approximate surface area is 196 Å². The lowest BCUT2D eigenvalue weighted by atomic mass is 9.83. The van der Waals surface area contributed by atoms with Crippen molar-refractivity contribution in [1.82, 2.24) is 19.9 Å². The van der Waals surface area contributed by atoms with Crippen LogP contribution in [0.4, 0.5) is 10.1 Å². The molecule has 5 heterocycles. The number of nitrogens with zero attached hydrogens (tertiary/aromatic N) is 2. The number of halogens is 3. The number of pyridine rings is 1. The predicted octanol–water partition coefficient (Wildman–Crippen LogP) is 5.13. The van der Waals surface area contributed by atoms with Crippen LogP contribution in [0, 0.1) is 11.7 Å². The van der Waals surface area contributed by atoms with Crippen molar-refractivity contribution in [3.63, 3.8) is 0 Å². The molecule has 3 aliphatic rings. The molecule has 0 saturated carbocycles. The van der Waals surface area contributed by atoms with E-state index in [1.54, 1.807) is 0 Å². The Morgan fingerprint density at radius 3 is 2.72 bits per heavy atom. The van der Waals surface area contributed by atoms with Gasteiger partial charge in [-0.1, -0.05) is 27.5 Å². The lowest BCUT2D eigenvalue weighted by Crippen LogP contribution is -2.53. The van der Waals surface area contributed by atoms with Crippen molar-refractivity contribution in [2.24, 2.45) is 5.92 Å². The molecule has 0 spiro atoms. The largest absolute Gasteiger partial charge is 0.379 e. The van der Waals surface area contributed by atoms with Gasteiger partial charge in [0.15, 0.2) is 0 Å². The molecule has 6 nitrogen and oxygen atoms in total. The Kier molecular flexibility index (Phi) is 4.78. The lowest BCUT2D eigenvalue weighted by molar-refractivity contribution is 0.0976. The summed E-state index contributed by atoms with van der Waals surface area (Å²) in [4.78, 5) is 26.4. The fourth-order valence-corrected chi connectivity index (χ4v) is 5.60. The summed E-state index contributed by atoms with van der Waals surface area (Å²) < 4.78 is 14.9. The van der Waals surface area contributed by atoms with Gasteiger partial charge in [0, 0.05) is 28.5 Å². The second-order valence-electron chi connectivity index (χ2n) is 8.65. The van der Waals surface area contributed by atoms with Crippen LogP contribution in [0.5, 0.6) is 0 Å². The second kappa shape index (κ2) is 7.57. The maximum absolute atomic E-state index is 14.0. The summed E-state index contributed by atoms with van der Waals surface area (Å²) in [6, 6.07) is 8.81. The number of hydrogen-bond donors (Lipinski definition) is 3. The first-order chi connectivity index (χ1) is 15.5. The van der Waals surface area contributed by atoms with E-state index in [1.165, 1.54) is 12.1 Å². The van der Waals surface area contributed by atoms with Gasteiger partial charge >= 0.3 is 0 Å². The van der Waals surface area contributed by atoms with Gasteiger partial charge < -0.3 is 20.2 Å². The van der Waals surface area contributed by atoms with Crippen LogP contribution < -0.4 is 10.9 Å². The third-order valence-electron chi connectivity index (χ3n) is 6.72. The van der Waals surface area contributed by atoms with E-state index in [2.05, 4.69) is 41.1 Å². The van der Waals surface area contributed by atoms with Gasteiger partial charge in [0.05, 0.1) is 27.3 Å². The van der Waals surface area contributed by atoms with Crippen LogP contribution in [0.1, 0.15) is 12.8 Å². The maximum atomic E-state index is 14.0. The van der Waals surface area contributed by atoms with E-state index < -0.39 is 5.82 Å². The molecule has 3 fully saturated rings. The van der Waals surface area contributed by atoms with Crippen LogP contribution in [0.15, 0.2) is 39.6 Å². The molecule has 2 bridgehead atoms. The normalized spacial score (nSPS) is 22.7. The van der Waals surface area contributed by atoms with Crippen LogP contribution in [-0.4, -0.2) is 45.5 Å². The molecule has 2 aromatic heterocycles. The van der Waals surface area contributed by atoms with E-state index in [1.807, 2.05) is 18.2 Å². The first-order valence-corrected chi connectivity index (χ1v) is 11.8. The standard InChI is InChI=1S/C23H20BrClFN5O/c24-12-1-2-16-13(7-12)21(27-19-10-31-5-3-11(19)4-6-31)20(23(32)30-16)22-28-17-8-14(25)15(26)9-18(17)29-22/h1-2,7-9,11,19H,3-6,10H2,(H,28,29)(H2,27,30,32)/t19-/m1/s1. The number of hydrogen-bond acceptors (Lipinski definition) is 4. The summed E-state index contributed by atoms with van der Waals surface area (Å²) >= 11 is 9.51. The van der Waals surface area contributed by atoms with E-state index in [9.17, 15) is 9.18 Å². The molecule has 0 unspecified atom stereocenters. The zero-order chi connectivity index (χ0) is 22.0. The Hall–Kier alpha value is -2.42. The predicted molar refractivity (Wildman–Crippen MR) is 129 cm³/mol. The topological polar surface area (TPSA) is 76.8 Å². The summed E-state index contributed by atoms with van der Waals surface area (Å²) in [7, 11) is 0. The number of nitrogens with one attached hydrogen (secondary N) is 3. The molecular formula is C23H20BrClFN5O. The molecule has 32 heavy (non-hydrogen) atoms. The quantitative estimate of drug-likeness (QED) is 0.353. The van der Waals surface area contributed by atoms with Crippen molar-refractivity contribution < 1.29 is 4.39 Å². The Morgan fingerprint density at radius 1 is 1.16 bits per heavy atom. The first-order valence-electron chi connectivity index (χ1n) is 10.7. The van der Waals surface area contributed by atoms with Gasteiger partial charge in [-0.25, -0.2) is 9.37 Å². The number of piperidine rings is 3. The number of aromatic nitrogens is 3. The van der Waals surface area contributed by atoms with Gasteiger partial charge in [0.2, 0.25) is 0 Å². The molecule has 1 atom stereocenters. The molecule has 4 aromatic rings. The molecule has 164 valence electrons. The molecule has 3 aliphatic heterocycles. The highest BCUT2D eigenvalue weighted by Gasteiger charge is 2.35. The van der Waals surface area contributed by atoms with Crippen LogP contribution in [0.2, 0.25) is 5.02 Å². The molecule has 0 amide bonds. The number of imidazole rings is 1. The first kappa shape index (κ1) is 20.2. The van der Waals surface area contributed by atoms with Gasteiger partial charge in [-0.15, -0.1) is 0 Å². The highest BCUT2D eigenvalue weighted by Crippen LogP contribution is 2.36. The van der Waals surface area contributed by atoms with Crippen LogP contribution in [0.3, 0.4) is 0 Å². The molecule has 0 radical (unpaired) electrons. The number of H-pyrrole nitrogens is 2. The van der Waals surface area contributed by atoms with Crippen molar-refractivity contribution in [1.29, 1.82) is 0 Å². The van der Waals surface area contributed by atoms with Crippen molar-refractivity contribution >= 4 is 55.2 Å². The molecular weight excluding hydrogens is 497 g/mol. The van der Waals surface area contributed by atoms with E-state index in [0.717, 1.165) is 53.5 Å². The van der Waals surface area contributed by atoms with E-state index >= 15 is 0 Å². The van der Waals surface area contributed by atoms with E-state index in [-0.39, 0.29) is 16.6 Å². The van der Waals surface area contributed by atoms with Gasteiger partial charge in [-0.05, 0) is 56.1 Å². The highest BCUT2D eigenvalue weighted by atomic mass is 79.9. The molecule has 9 heteroatoms. The van der Waals surface area contributed by atoms with Gasteiger partial charge in [-0.2, -0.15) is 0 Å². The minimum Gasteiger partial charge on any atom is -0.379 e. The Morgan fingerprint density at radius 2 is 1.97 bits per heavy atom. The van der Waals surface area contributed by atoms with Crippen molar-refractivity contribution in [3.05, 3.63) is 56.0 Å². The molecule has 3 saturated heterocycles. The Bertz CT molecular complexity index is 1390. The third-order valence-corrected chi connectivity index (χ3v) is 7.51. The van der Waals surface area contributed by atoms with Gasteiger partial charge in [0.25, 0.3) is 5.56 Å². The molecule has 0 aliphatic carbocycles. The maximum Gasteiger partial charge on any atom is 0.261 e. The minimum absolute atomic E-state index is 0.00229. The van der Waals surface area contributed by atoms with E-state index in [4.69, 9.17) is 11.6 Å². The van der Waals surface area contributed by atoms with Crippen LogP contribution in [-0.2, 0) is 0 Å². The van der Waals surface area contributed by atoms with Crippen LogP contribution in [0.25, 0.3) is 33.3 Å². The zero-order valence-electron chi connectivity index (χ0n) is 17.0. The summed E-state index contributed by atoms with van der Waals surface area (Å²) in [5.74, 6) is 0.419. The molecule has 7 rings (SSSR count).